The lowest BCUT2D eigenvalue weighted by Gasteiger charge is -2.37. The molecule has 6 rings (SSSR count). The number of hydrogen-bond donors (Lipinski definition) is 3. The monoisotopic (exact) mass is 474 g/mol. The van der Waals surface area contributed by atoms with Gasteiger partial charge in [0.2, 0.25) is 5.91 Å². The van der Waals surface area contributed by atoms with E-state index in [1.807, 2.05) is 42.5 Å². The van der Waals surface area contributed by atoms with Crippen LogP contribution in [0, 0.1) is 0 Å². The van der Waals surface area contributed by atoms with Gasteiger partial charge in [-0.1, -0.05) is 18.2 Å². The van der Waals surface area contributed by atoms with Crippen molar-refractivity contribution in [1.82, 2.24) is 10.2 Å². The average molecular weight is 475 g/mol. The number of phenols is 1. The van der Waals surface area contributed by atoms with E-state index in [9.17, 15) is 19.8 Å². The second-order valence-corrected chi connectivity index (χ2v) is 8.57. The summed E-state index contributed by atoms with van der Waals surface area (Å²) < 4.78 is 11.9. The molecule has 8 heteroatoms. The van der Waals surface area contributed by atoms with Crippen LogP contribution in [0.2, 0.25) is 0 Å². The second kappa shape index (κ2) is 9.68. The van der Waals surface area contributed by atoms with E-state index >= 15 is 0 Å². The molecule has 0 radical (unpaired) electrons. The lowest BCUT2D eigenvalue weighted by atomic mass is 9.87. The summed E-state index contributed by atoms with van der Waals surface area (Å²) in [6.45, 7) is 0.643. The number of aliphatic hydroxyl groups excluding tert-OH is 1. The number of aromatic hydroxyl groups is 1. The van der Waals surface area contributed by atoms with E-state index in [2.05, 4.69) is 5.32 Å². The first-order valence-electron chi connectivity index (χ1n) is 11.6. The quantitative estimate of drug-likeness (QED) is 0.500. The van der Waals surface area contributed by atoms with Crippen LogP contribution in [0.1, 0.15) is 39.5 Å². The molecule has 8 bridgehead atoms. The van der Waals surface area contributed by atoms with Gasteiger partial charge in [0.15, 0.2) is 0 Å². The Hall–Kier alpha value is -4.04. The number of carbonyl (C=O) groups is 2. The van der Waals surface area contributed by atoms with Crippen LogP contribution < -0.4 is 14.8 Å². The van der Waals surface area contributed by atoms with Gasteiger partial charge in [-0.15, -0.1) is 0 Å². The van der Waals surface area contributed by atoms with Gasteiger partial charge in [0.05, 0.1) is 18.2 Å². The number of ether oxygens (including phenoxy) is 2. The molecule has 0 fully saturated rings. The molecule has 3 aromatic rings. The van der Waals surface area contributed by atoms with Gasteiger partial charge in [-0.2, -0.15) is 0 Å². The van der Waals surface area contributed by atoms with E-state index in [1.54, 1.807) is 11.0 Å². The van der Waals surface area contributed by atoms with Crippen LogP contribution in [0.25, 0.3) is 0 Å². The zero-order valence-corrected chi connectivity index (χ0v) is 19.1. The Balaban J connectivity index is 1.59. The maximum atomic E-state index is 12.6. The van der Waals surface area contributed by atoms with Crippen molar-refractivity contribution in [3.8, 4) is 23.0 Å². The van der Waals surface area contributed by atoms with E-state index in [0.29, 0.717) is 49.8 Å². The van der Waals surface area contributed by atoms with E-state index in [0.717, 1.165) is 16.7 Å². The Labute approximate surface area is 202 Å². The van der Waals surface area contributed by atoms with Gasteiger partial charge in [0, 0.05) is 13.1 Å². The smallest absolute Gasteiger partial charge is 0.255 e. The molecule has 0 aromatic heterocycles. The van der Waals surface area contributed by atoms with Crippen LogP contribution >= 0.6 is 0 Å². The minimum Gasteiger partial charge on any atom is -0.507 e. The number of nitrogens with one attached hydrogen (secondary N) is 1. The number of amides is 2. The molecule has 1 unspecified atom stereocenters. The zero-order valence-electron chi connectivity index (χ0n) is 19.1. The molecule has 3 aliphatic rings. The second-order valence-electron chi connectivity index (χ2n) is 8.57. The highest BCUT2D eigenvalue weighted by Gasteiger charge is 2.32. The highest BCUT2D eigenvalue weighted by molar-refractivity contribution is 5.97. The first-order valence-corrected chi connectivity index (χ1v) is 11.6. The Kier molecular flexibility index (Phi) is 6.29. The number of benzene rings is 3. The third kappa shape index (κ3) is 4.65. The number of carbonyl (C=O) groups excluding carboxylic acids is 2. The minimum absolute atomic E-state index is 0.126. The molecule has 180 valence electrons. The Morgan fingerprint density at radius 2 is 1.89 bits per heavy atom. The van der Waals surface area contributed by atoms with E-state index in [-0.39, 0.29) is 23.3 Å². The molecule has 3 N–H and O–H groups in total. The van der Waals surface area contributed by atoms with Crippen molar-refractivity contribution >= 4 is 11.8 Å². The third-order valence-corrected chi connectivity index (χ3v) is 6.30. The number of nitrogens with zero attached hydrogens (tertiary/aromatic N) is 1. The van der Waals surface area contributed by atoms with Gasteiger partial charge in [-0.05, 0) is 72.0 Å². The Bertz CT molecular complexity index is 1270. The molecule has 2 amide bonds. The molecule has 35 heavy (non-hydrogen) atoms. The van der Waals surface area contributed by atoms with Gasteiger partial charge in [0.25, 0.3) is 5.91 Å². The predicted molar refractivity (Wildman–Crippen MR) is 128 cm³/mol. The topological polar surface area (TPSA) is 108 Å². The van der Waals surface area contributed by atoms with Gasteiger partial charge in [-0.25, -0.2) is 0 Å². The predicted octanol–water partition coefficient (Wildman–Crippen LogP) is 3.16. The SMILES string of the molecule is O=C1NCCCOc2cccc(c2)C2c3ccc(cc3CCN2C(=O)CO)Oc2ccc(O)c1c2. The fraction of sp³-hybridized carbons (Fsp3) is 0.259. The molecule has 0 saturated carbocycles. The van der Waals surface area contributed by atoms with Crippen LogP contribution in [0.4, 0.5) is 0 Å². The fourth-order valence-electron chi connectivity index (χ4n) is 4.62. The first-order chi connectivity index (χ1) is 17.0. The van der Waals surface area contributed by atoms with Crippen molar-refractivity contribution in [2.45, 2.75) is 18.9 Å². The van der Waals surface area contributed by atoms with Crippen molar-refractivity contribution in [2.75, 3.05) is 26.3 Å². The molecular formula is C27H26N2O6. The van der Waals surface area contributed by atoms with E-state index < -0.39 is 12.5 Å². The summed E-state index contributed by atoms with van der Waals surface area (Å²) >= 11 is 0. The molecule has 0 aliphatic carbocycles. The van der Waals surface area contributed by atoms with Crippen LogP contribution in [0.3, 0.4) is 0 Å². The molecule has 3 aliphatic heterocycles. The average Bonchev–Trinajstić information content (AvgIpc) is 2.88. The van der Waals surface area contributed by atoms with E-state index in [4.69, 9.17) is 9.47 Å². The van der Waals surface area contributed by atoms with Crippen molar-refractivity contribution in [3.63, 3.8) is 0 Å². The highest BCUT2D eigenvalue weighted by atomic mass is 16.5. The summed E-state index contributed by atoms with van der Waals surface area (Å²) in [5, 5.41) is 22.6. The molecule has 3 heterocycles. The van der Waals surface area contributed by atoms with E-state index in [1.165, 1.54) is 12.1 Å². The van der Waals surface area contributed by atoms with Crippen molar-refractivity contribution < 1.29 is 29.3 Å². The minimum atomic E-state index is -0.557. The number of rotatable bonds is 1. The maximum absolute atomic E-state index is 12.6. The molecule has 1 atom stereocenters. The largest absolute Gasteiger partial charge is 0.507 e. The summed E-state index contributed by atoms with van der Waals surface area (Å²) in [7, 11) is 0. The van der Waals surface area contributed by atoms with Crippen molar-refractivity contribution in [3.05, 3.63) is 82.9 Å². The zero-order chi connectivity index (χ0) is 24.4. The molecule has 3 aromatic carbocycles. The Morgan fingerprint density at radius 3 is 2.74 bits per heavy atom. The van der Waals surface area contributed by atoms with Crippen LogP contribution in [0.15, 0.2) is 60.7 Å². The molecule has 0 saturated heterocycles. The van der Waals surface area contributed by atoms with Crippen LogP contribution in [0.5, 0.6) is 23.0 Å². The molecular weight excluding hydrogens is 448 g/mol. The summed E-state index contributed by atoms with van der Waals surface area (Å²) in [5.41, 5.74) is 3.00. The lowest BCUT2D eigenvalue weighted by molar-refractivity contribution is -0.136. The van der Waals surface area contributed by atoms with Crippen molar-refractivity contribution in [1.29, 1.82) is 0 Å². The Morgan fingerprint density at radius 1 is 1.06 bits per heavy atom. The maximum Gasteiger partial charge on any atom is 0.255 e. The van der Waals surface area contributed by atoms with Gasteiger partial charge in [-0.3, -0.25) is 9.59 Å². The number of hydrogen-bond acceptors (Lipinski definition) is 6. The third-order valence-electron chi connectivity index (χ3n) is 6.30. The van der Waals surface area contributed by atoms with Gasteiger partial charge in [0.1, 0.15) is 29.6 Å². The summed E-state index contributed by atoms with van der Waals surface area (Å²) in [4.78, 5) is 26.9. The summed E-state index contributed by atoms with van der Waals surface area (Å²) in [6, 6.07) is 17.4. The number of fused-ring (bicyclic) bond motifs is 6. The molecule has 0 spiro atoms. The van der Waals surface area contributed by atoms with Crippen LogP contribution in [-0.4, -0.2) is 53.2 Å². The normalized spacial score (nSPS) is 17.5. The number of aliphatic hydroxyl groups is 1. The summed E-state index contributed by atoms with van der Waals surface area (Å²) in [6.07, 6.45) is 1.17. The summed E-state index contributed by atoms with van der Waals surface area (Å²) in [5.74, 6) is 0.817. The lowest BCUT2D eigenvalue weighted by Crippen LogP contribution is -2.42. The van der Waals surface area contributed by atoms with Gasteiger partial charge < -0.3 is 29.9 Å². The molecule has 8 nitrogen and oxygen atoms in total. The number of phenolic OH excluding ortho intramolecular Hbond substituents is 1. The van der Waals surface area contributed by atoms with Crippen molar-refractivity contribution in [2.24, 2.45) is 0 Å². The standard InChI is InChI=1S/C27H26N2O6/c30-16-25(32)29-11-9-17-13-20-5-7-22(17)26(29)18-3-1-4-19(14-18)34-12-2-10-28-27(33)23-15-21(35-20)6-8-24(23)31/h1,3-8,13-15,26,30-31H,2,9-12,16H2,(H,28,33). The first kappa shape index (κ1) is 22.7. The fourth-order valence-corrected chi connectivity index (χ4v) is 4.62. The van der Waals surface area contributed by atoms with Crippen LogP contribution in [-0.2, 0) is 11.2 Å². The van der Waals surface area contributed by atoms with Gasteiger partial charge >= 0.3 is 0 Å². The highest BCUT2D eigenvalue weighted by Crippen LogP contribution is 2.39.